The summed E-state index contributed by atoms with van der Waals surface area (Å²) in [6, 6.07) is 69.5. The Morgan fingerprint density at radius 3 is 1.35 bits per heavy atom. The average molecular weight is 1070 g/mol. The highest BCUT2D eigenvalue weighted by Gasteiger charge is 2.31. The summed E-state index contributed by atoms with van der Waals surface area (Å²) in [7, 11) is 4.09. The monoisotopic (exact) mass is 1060 g/mol. The van der Waals surface area contributed by atoms with E-state index in [0.29, 0.717) is 29.9 Å². The summed E-state index contributed by atoms with van der Waals surface area (Å²) in [6.07, 6.45) is 0. The lowest BCUT2D eigenvalue weighted by Crippen LogP contribution is -2.24. The number of aliphatic imine (C=N–C) groups is 1. The molecule has 3 aliphatic rings. The number of amides is 1. The molecule has 3 aliphatic heterocycles. The average Bonchev–Trinajstić information content (AvgIpc) is 3.82. The number of carbonyl (C=O) groups excluding carboxylic acids is 3. The van der Waals surface area contributed by atoms with E-state index in [1.807, 2.05) is 183 Å². The number of nitrogens with one attached hydrogen (secondary N) is 1. The number of rotatable bonds is 8. The summed E-state index contributed by atoms with van der Waals surface area (Å²) in [6.45, 7) is 4.32. The number of esters is 2. The summed E-state index contributed by atoms with van der Waals surface area (Å²) < 4.78 is 28.6. The normalized spacial score (nSPS) is 14.0. The Morgan fingerprint density at radius 2 is 0.863 bits per heavy atom. The van der Waals surface area contributed by atoms with E-state index >= 15 is 0 Å². The quantitative estimate of drug-likeness (QED) is 0.0851. The third-order valence-electron chi connectivity index (χ3n) is 13.6. The van der Waals surface area contributed by atoms with Crippen LogP contribution in [0.4, 0.5) is 17.1 Å². The molecule has 2 N–H and O–H groups in total. The first-order valence-corrected chi connectivity index (χ1v) is 25.8. The lowest BCUT2D eigenvalue weighted by atomic mass is 9.95. The number of nitrogens with zero attached hydrogens (tertiary/aromatic N) is 3. The van der Waals surface area contributed by atoms with Crippen molar-refractivity contribution in [3.63, 3.8) is 0 Å². The van der Waals surface area contributed by atoms with Crippen LogP contribution in [-0.2, 0) is 9.47 Å². The zero-order valence-electron chi connectivity index (χ0n) is 43.9. The molecule has 3 heterocycles. The van der Waals surface area contributed by atoms with Gasteiger partial charge in [0.15, 0.2) is 17.2 Å². The lowest BCUT2D eigenvalue weighted by Gasteiger charge is -2.29. The van der Waals surface area contributed by atoms with Gasteiger partial charge in [-0.05, 0) is 122 Å². The fraction of sp³-hybridized carbons (Fsp3) is 0.134. The minimum absolute atomic E-state index is 0. The van der Waals surface area contributed by atoms with Gasteiger partial charge in [-0.3, -0.25) is 10.0 Å². The molecule has 0 radical (unpaired) electrons. The van der Waals surface area contributed by atoms with Crippen LogP contribution >= 0.6 is 0 Å². The molecule has 80 heavy (non-hydrogen) atoms. The van der Waals surface area contributed by atoms with Gasteiger partial charge in [0.05, 0.1) is 53.5 Å². The molecular weight excluding hydrogens is 1000 g/mol. The van der Waals surface area contributed by atoms with Gasteiger partial charge in [0.1, 0.15) is 22.9 Å². The highest BCUT2D eigenvalue weighted by Crippen LogP contribution is 2.47. The van der Waals surface area contributed by atoms with E-state index < -0.39 is 5.91 Å². The van der Waals surface area contributed by atoms with Crippen LogP contribution in [0, 0.1) is 0 Å². The molecule has 402 valence electrons. The number of fused-ring (bicyclic) bond motifs is 6. The summed E-state index contributed by atoms with van der Waals surface area (Å²) >= 11 is 0. The smallest absolute Gasteiger partial charge is 0.338 e. The van der Waals surface area contributed by atoms with Crippen molar-refractivity contribution in [2.45, 2.75) is 33.4 Å². The van der Waals surface area contributed by atoms with Crippen molar-refractivity contribution in [3.8, 4) is 34.5 Å². The maximum atomic E-state index is 12.0. The van der Waals surface area contributed by atoms with E-state index in [4.69, 9.17) is 33.9 Å². The Hall–Kier alpha value is -9.98. The van der Waals surface area contributed by atoms with Gasteiger partial charge in [-0.2, -0.15) is 0 Å². The first-order valence-electron chi connectivity index (χ1n) is 25.8. The number of ether oxygens (including phenoxy) is 5. The summed E-state index contributed by atoms with van der Waals surface area (Å²) in [4.78, 5) is 44.6. The molecule has 12 rings (SSSR count). The van der Waals surface area contributed by atoms with Crippen LogP contribution in [0.2, 0.25) is 0 Å². The molecule has 0 aromatic heterocycles. The number of hydrogen-bond donors (Lipinski definition) is 2. The van der Waals surface area contributed by atoms with Crippen molar-refractivity contribution in [3.05, 3.63) is 268 Å². The number of hydrogen-bond acceptors (Lipinski definition) is 12. The van der Waals surface area contributed by atoms with Gasteiger partial charge >= 0.3 is 11.9 Å². The number of hydroxylamine groups is 1. The third kappa shape index (κ3) is 11.6. The molecule has 13 heteroatoms. The summed E-state index contributed by atoms with van der Waals surface area (Å²) in [5.74, 6) is 3.62. The van der Waals surface area contributed by atoms with Crippen LogP contribution in [0.3, 0.4) is 0 Å². The van der Waals surface area contributed by atoms with Crippen LogP contribution in [0.5, 0.6) is 34.5 Å². The predicted octanol–water partition coefficient (Wildman–Crippen LogP) is 15.1. The van der Waals surface area contributed by atoms with Crippen molar-refractivity contribution in [1.29, 1.82) is 0 Å². The van der Waals surface area contributed by atoms with Gasteiger partial charge in [-0.15, -0.1) is 0 Å². The molecule has 0 spiro atoms. The Balaban J connectivity index is 0.000000144. The Kier molecular flexibility index (Phi) is 17.1. The topological polar surface area (TPSA) is 148 Å². The summed E-state index contributed by atoms with van der Waals surface area (Å²) in [5.41, 5.74) is 12.8. The molecule has 13 nitrogen and oxygen atoms in total. The van der Waals surface area contributed by atoms with E-state index in [2.05, 4.69) is 35.0 Å². The molecule has 9 aromatic carbocycles. The minimum atomic E-state index is -0.528. The van der Waals surface area contributed by atoms with Crippen LogP contribution in [0.25, 0.3) is 0 Å². The maximum Gasteiger partial charge on any atom is 0.338 e. The number of carbonyl (C=O) groups is 3. The van der Waals surface area contributed by atoms with Gasteiger partial charge in [0.2, 0.25) is 0 Å². The molecule has 9 aromatic rings. The minimum Gasteiger partial charge on any atom is -0.462 e. The largest absolute Gasteiger partial charge is 0.462 e. The van der Waals surface area contributed by atoms with Crippen molar-refractivity contribution < 1.29 is 43.3 Å². The number of para-hydroxylation sites is 9. The van der Waals surface area contributed by atoms with E-state index in [0.717, 1.165) is 90.7 Å². The predicted molar refractivity (Wildman–Crippen MR) is 312 cm³/mol. The number of anilines is 2. The molecule has 0 aliphatic carbocycles. The lowest BCUT2D eigenvalue weighted by molar-refractivity contribution is 0.0516. The zero-order chi connectivity index (χ0) is 54.8. The van der Waals surface area contributed by atoms with Gasteiger partial charge in [0.25, 0.3) is 5.91 Å². The van der Waals surface area contributed by atoms with Crippen molar-refractivity contribution >= 4 is 40.6 Å². The van der Waals surface area contributed by atoms with Crippen molar-refractivity contribution in [2.75, 3.05) is 37.1 Å². The summed E-state index contributed by atoms with van der Waals surface area (Å²) in [5, 5.41) is 8.80. The van der Waals surface area contributed by atoms with Crippen LogP contribution in [0.15, 0.2) is 223 Å². The molecular formula is C67H60N4O9. The fourth-order valence-corrected chi connectivity index (χ4v) is 9.79. The highest BCUT2D eigenvalue weighted by atomic mass is 16.5. The second kappa shape index (κ2) is 25.0. The van der Waals surface area contributed by atoms with E-state index in [1.165, 1.54) is 0 Å². The zero-order valence-corrected chi connectivity index (χ0v) is 43.9. The van der Waals surface area contributed by atoms with Crippen LogP contribution in [-0.4, -0.2) is 56.1 Å². The van der Waals surface area contributed by atoms with E-state index in [9.17, 15) is 14.4 Å². The third-order valence-corrected chi connectivity index (χ3v) is 13.6. The van der Waals surface area contributed by atoms with Gasteiger partial charge in [-0.25, -0.2) is 20.1 Å². The molecule has 2 atom stereocenters. The second-order valence-corrected chi connectivity index (χ2v) is 18.5. The number of benzene rings is 9. The van der Waals surface area contributed by atoms with Crippen molar-refractivity contribution in [1.82, 2.24) is 5.48 Å². The molecule has 1 amide bonds. The molecule has 2 unspecified atom stereocenters. The van der Waals surface area contributed by atoms with Crippen molar-refractivity contribution in [2.24, 2.45) is 4.99 Å². The maximum absolute atomic E-state index is 12.0. The van der Waals surface area contributed by atoms with Crippen LogP contribution < -0.4 is 29.5 Å². The molecule has 0 fully saturated rings. The van der Waals surface area contributed by atoms with Gasteiger partial charge in [0, 0.05) is 41.9 Å². The van der Waals surface area contributed by atoms with Gasteiger partial charge < -0.3 is 33.5 Å². The van der Waals surface area contributed by atoms with E-state index in [1.54, 1.807) is 43.6 Å². The first-order chi connectivity index (χ1) is 38.6. The van der Waals surface area contributed by atoms with Gasteiger partial charge in [-0.1, -0.05) is 129 Å². The van der Waals surface area contributed by atoms with Crippen LogP contribution in [0.1, 0.15) is 97.8 Å². The second-order valence-electron chi connectivity index (χ2n) is 18.5. The molecule has 0 saturated heterocycles. The first kappa shape index (κ1) is 54.8. The Morgan fingerprint density at radius 1 is 0.475 bits per heavy atom. The fourth-order valence-electron chi connectivity index (χ4n) is 9.79. The molecule has 0 bridgehead atoms. The SMILES string of the molecule is C.CCOC(=O)c1ccc(C2=Nc3ccccc3Oc3ccccc32)cc1.CCOC(=O)c1ccc(C2c3ccccc3Oc3ccccc3N2C)cc1.CN1c2ccccc2Oc2ccccc2C1c1ccc(C(=O)NO)cc1. The molecule has 0 saturated carbocycles. The Labute approximate surface area is 465 Å². The highest BCUT2D eigenvalue weighted by molar-refractivity contribution is 6.16. The van der Waals surface area contributed by atoms with E-state index in [-0.39, 0.29) is 31.4 Å². The Bertz CT molecular complexity index is 3680. The standard InChI is InChI=1S/C23H21NO3.C22H17NO3.C21H18N2O3.CH4/c1-3-26-23(25)17-14-12-16(13-15-17)22-18-8-4-6-10-20(18)27-21-11-7-5-9-19(21)24(22)2;1-2-25-22(24)16-13-11-15(12-14-16)21-17-7-3-5-9-19(17)26-20-10-6-4-8-18(20)23-21;1-23-17-7-3-5-9-19(17)26-18-8-4-2-6-16(18)20(23)14-10-12-15(13-11-14)21(24)22-25;/h4-15,22H,3H2,1-2H3;3-14H,2H2,1H3;2-13,20,25H,1H3,(H,22,24);1H4.